The Hall–Kier alpha value is -0.740. The van der Waals surface area contributed by atoms with E-state index in [9.17, 15) is 0 Å². The Morgan fingerprint density at radius 3 is 3.07 bits per heavy atom. The Labute approximate surface area is 89.2 Å². The molecule has 0 amide bonds. The maximum Gasteiger partial charge on any atom is 0.134 e. The van der Waals surface area contributed by atoms with Crippen molar-refractivity contribution >= 4 is 17.6 Å². The van der Waals surface area contributed by atoms with Crippen LogP contribution in [0, 0.1) is 6.92 Å². The second kappa shape index (κ2) is 3.79. The largest absolute Gasteiger partial charge is 0.356 e. The third-order valence-electron chi connectivity index (χ3n) is 2.30. The topological polar surface area (TPSA) is 19.4 Å². The van der Waals surface area contributed by atoms with Crippen LogP contribution in [-0.4, -0.2) is 29.6 Å². The molecule has 0 saturated heterocycles. The van der Waals surface area contributed by atoms with E-state index in [0.717, 1.165) is 18.2 Å². The van der Waals surface area contributed by atoms with E-state index in [1.54, 1.807) is 11.9 Å². The zero-order valence-electron chi connectivity index (χ0n) is 8.82. The van der Waals surface area contributed by atoms with E-state index in [0.29, 0.717) is 0 Å². The lowest BCUT2D eigenvalue weighted by Gasteiger charge is -2.34. The van der Waals surface area contributed by atoms with Gasteiger partial charge < -0.3 is 4.90 Å². The highest BCUT2D eigenvalue weighted by molar-refractivity contribution is 7.97. The molecule has 0 aromatic carbocycles. The lowest BCUT2D eigenvalue weighted by atomic mass is 10.3. The minimum Gasteiger partial charge on any atom is -0.356 e. The first-order valence-corrected chi connectivity index (χ1v) is 5.58. The van der Waals surface area contributed by atoms with Gasteiger partial charge in [-0.1, -0.05) is 0 Å². The fourth-order valence-corrected chi connectivity index (χ4v) is 2.48. The van der Waals surface area contributed by atoms with Crippen molar-refractivity contribution in [1.29, 1.82) is 0 Å². The number of pyridine rings is 1. The van der Waals surface area contributed by atoms with Crippen LogP contribution in [0.3, 0.4) is 0 Å². The first kappa shape index (κ1) is 9.80. The van der Waals surface area contributed by atoms with E-state index in [2.05, 4.69) is 41.2 Å². The Bertz CT molecular complexity index is 340. The van der Waals surface area contributed by atoms with Gasteiger partial charge in [0.15, 0.2) is 0 Å². The zero-order chi connectivity index (χ0) is 10.1. The molecule has 1 aromatic rings. The molecule has 0 spiro atoms. The van der Waals surface area contributed by atoms with Crippen LogP contribution in [0.4, 0.5) is 5.69 Å². The molecule has 3 nitrogen and oxygen atoms in total. The van der Waals surface area contributed by atoms with Gasteiger partial charge in [0, 0.05) is 12.7 Å². The summed E-state index contributed by atoms with van der Waals surface area (Å²) in [6.07, 6.45) is 1.93. The molecule has 0 saturated carbocycles. The minimum absolute atomic E-state index is 0.972. The number of nitrogens with zero attached hydrogens (tertiary/aromatic N) is 3. The molecule has 0 atom stereocenters. The van der Waals surface area contributed by atoms with Crippen molar-refractivity contribution in [2.75, 3.05) is 25.2 Å². The highest BCUT2D eigenvalue weighted by Crippen LogP contribution is 2.34. The number of anilines is 1. The summed E-state index contributed by atoms with van der Waals surface area (Å²) in [6.45, 7) is 6.27. The summed E-state index contributed by atoms with van der Waals surface area (Å²) in [7, 11) is 2.10. The first-order chi connectivity index (χ1) is 6.70. The smallest absolute Gasteiger partial charge is 0.134 e. The van der Waals surface area contributed by atoms with E-state index in [4.69, 9.17) is 0 Å². The predicted octanol–water partition coefficient (Wildman–Crippen LogP) is 2.13. The predicted molar refractivity (Wildman–Crippen MR) is 60.5 cm³/mol. The van der Waals surface area contributed by atoms with E-state index in [1.165, 1.54) is 11.3 Å². The van der Waals surface area contributed by atoms with Gasteiger partial charge >= 0.3 is 0 Å². The normalized spacial score (nSPS) is 16.9. The number of fused-ring (bicyclic) bond motifs is 1. The zero-order valence-corrected chi connectivity index (χ0v) is 9.64. The molecule has 1 aliphatic rings. The van der Waals surface area contributed by atoms with Crippen molar-refractivity contribution < 1.29 is 0 Å². The molecule has 4 heteroatoms. The monoisotopic (exact) mass is 209 g/mol. The van der Waals surface area contributed by atoms with Crippen LogP contribution in [0.1, 0.15) is 12.5 Å². The Balaban J connectivity index is 2.41. The van der Waals surface area contributed by atoms with Crippen molar-refractivity contribution in [3.8, 4) is 0 Å². The molecule has 1 aromatic heterocycles. The quantitative estimate of drug-likeness (QED) is 0.660. The van der Waals surface area contributed by atoms with Gasteiger partial charge in [0.1, 0.15) is 5.03 Å². The fraction of sp³-hybridized carbons (Fsp3) is 0.500. The Kier molecular flexibility index (Phi) is 2.65. The van der Waals surface area contributed by atoms with Crippen LogP contribution in [0.2, 0.25) is 0 Å². The van der Waals surface area contributed by atoms with E-state index in [-0.39, 0.29) is 0 Å². The first-order valence-electron chi connectivity index (χ1n) is 4.81. The van der Waals surface area contributed by atoms with E-state index < -0.39 is 0 Å². The highest BCUT2D eigenvalue weighted by atomic mass is 32.2. The molecule has 2 heterocycles. The van der Waals surface area contributed by atoms with Crippen molar-refractivity contribution in [3.05, 3.63) is 17.8 Å². The lowest BCUT2D eigenvalue weighted by Crippen LogP contribution is -2.36. The van der Waals surface area contributed by atoms with E-state index in [1.807, 2.05) is 6.20 Å². The Morgan fingerprint density at radius 2 is 2.36 bits per heavy atom. The lowest BCUT2D eigenvalue weighted by molar-refractivity contribution is 0.531. The van der Waals surface area contributed by atoms with Gasteiger partial charge in [-0.15, -0.1) is 0 Å². The molecule has 2 rings (SSSR count). The molecule has 0 N–H and O–H groups in total. The molecule has 0 radical (unpaired) electrons. The fourth-order valence-electron chi connectivity index (χ4n) is 1.60. The minimum atomic E-state index is 0.972. The van der Waals surface area contributed by atoms with Gasteiger partial charge in [-0.05, 0) is 44.5 Å². The average Bonchev–Trinajstić information content (AvgIpc) is 2.17. The third-order valence-corrected chi connectivity index (χ3v) is 3.22. The van der Waals surface area contributed by atoms with Crippen LogP contribution in [0.5, 0.6) is 0 Å². The number of aromatic nitrogens is 1. The third kappa shape index (κ3) is 1.72. The summed E-state index contributed by atoms with van der Waals surface area (Å²) in [6, 6.07) is 2.21. The van der Waals surface area contributed by atoms with Gasteiger partial charge in [0.25, 0.3) is 0 Å². The Morgan fingerprint density at radius 1 is 1.57 bits per heavy atom. The molecule has 76 valence electrons. The van der Waals surface area contributed by atoms with Gasteiger partial charge in [-0.3, -0.25) is 0 Å². The van der Waals surface area contributed by atoms with E-state index >= 15 is 0 Å². The number of hydrogen-bond acceptors (Lipinski definition) is 4. The number of aryl methyl sites for hydroxylation is 1. The summed E-state index contributed by atoms with van der Waals surface area (Å²) in [4.78, 5) is 6.79. The molecule has 1 aliphatic heterocycles. The van der Waals surface area contributed by atoms with Crippen molar-refractivity contribution in [1.82, 2.24) is 9.29 Å². The second-order valence-electron chi connectivity index (χ2n) is 3.55. The molecule has 0 unspecified atom stereocenters. The highest BCUT2D eigenvalue weighted by Gasteiger charge is 2.20. The number of hydrogen-bond donors (Lipinski definition) is 0. The van der Waals surface area contributed by atoms with Crippen LogP contribution in [0.25, 0.3) is 0 Å². The summed E-state index contributed by atoms with van der Waals surface area (Å²) < 4.78 is 2.20. The maximum absolute atomic E-state index is 4.45. The molecule has 0 fully saturated rings. The summed E-state index contributed by atoms with van der Waals surface area (Å²) >= 11 is 1.72. The van der Waals surface area contributed by atoms with Crippen molar-refractivity contribution in [2.24, 2.45) is 0 Å². The standard InChI is InChI=1S/C10H15N3S/c1-4-13-7-12(3)14-10-9(13)5-8(2)6-11-10/h5-6H,4,7H2,1-3H3. The molecule has 0 bridgehead atoms. The average molecular weight is 209 g/mol. The van der Waals surface area contributed by atoms with Crippen LogP contribution in [-0.2, 0) is 0 Å². The van der Waals surface area contributed by atoms with Crippen molar-refractivity contribution in [2.45, 2.75) is 18.9 Å². The van der Waals surface area contributed by atoms with Gasteiger partial charge in [0.2, 0.25) is 0 Å². The van der Waals surface area contributed by atoms with Gasteiger partial charge in [-0.25, -0.2) is 9.29 Å². The maximum atomic E-state index is 4.45. The molecular formula is C10H15N3S. The van der Waals surface area contributed by atoms with Crippen LogP contribution in [0.15, 0.2) is 17.3 Å². The summed E-state index contributed by atoms with van der Waals surface area (Å²) in [5.74, 6) is 0. The van der Waals surface area contributed by atoms with Gasteiger partial charge in [0.05, 0.1) is 12.4 Å². The SMILES string of the molecule is CCN1CN(C)Sc2ncc(C)cc21. The van der Waals surface area contributed by atoms with Crippen LogP contribution < -0.4 is 4.90 Å². The number of rotatable bonds is 1. The molecular weight excluding hydrogens is 194 g/mol. The molecule has 0 aliphatic carbocycles. The summed E-state index contributed by atoms with van der Waals surface area (Å²) in [5.41, 5.74) is 2.50. The second-order valence-corrected chi connectivity index (χ2v) is 4.75. The van der Waals surface area contributed by atoms with Crippen LogP contribution >= 0.6 is 11.9 Å². The molecule has 14 heavy (non-hydrogen) atoms. The van der Waals surface area contributed by atoms with Gasteiger partial charge in [-0.2, -0.15) is 0 Å². The van der Waals surface area contributed by atoms with Crippen molar-refractivity contribution in [3.63, 3.8) is 0 Å². The summed E-state index contributed by atoms with van der Waals surface area (Å²) in [5, 5.41) is 1.12.